The first-order valence-electron chi connectivity index (χ1n) is 7.24. The Hall–Kier alpha value is -2.80. The summed E-state index contributed by atoms with van der Waals surface area (Å²) < 4.78 is 0. The Morgan fingerprint density at radius 1 is 1.18 bits per heavy atom. The van der Waals surface area contributed by atoms with Crippen molar-refractivity contribution in [1.82, 2.24) is 10.6 Å². The number of rotatable bonds is 4. The lowest BCUT2D eigenvalue weighted by atomic mass is 10.1. The van der Waals surface area contributed by atoms with Gasteiger partial charge in [-0.05, 0) is 30.2 Å². The molecule has 0 aliphatic rings. The molecular weight excluding hydrogens is 272 g/mol. The highest BCUT2D eigenvalue weighted by Gasteiger charge is 2.07. The smallest absolute Gasteiger partial charge is 0.191 e. The van der Waals surface area contributed by atoms with Crippen molar-refractivity contribution in [1.29, 1.82) is 5.26 Å². The van der Waals surface area contributed by atoms with Gasteiger partial charge in [-0.25, -0.2) is 0 Å². The van der Waals surface area contributed by atoms with Crippen molar-refractivity contribution >= 4 is 5.96 Å². The van der Waals surface area contributed by atoms with Gasteiger partial charge in [0.1, 0.15) is 0 Å². The van der Waals surface area contributed by atoms with E-state index in [1.54, 1.807) is 13.1 Å². The standard InChI is InChI=1S/C18H20N4/c1-14(17-9-4-3-5-10-17)22-18(20-2)21-13-16-8-6-7-15(11-16)12-19/h3-11,14H,13H2,1-2H3,(H2,20,21,22). The number of nitrogens with one attached hydrogen (secondary N) is 2. The van der Waals surface area contributed by atoms with Gasteiger partial charge in [0.15, 0.2) is 5.96 Å². The van der Waals surface area contributed by atoms with Crippen LogP contribution in [0.15, 0.2) is 59.6 Å². The number of hydrogen-bond acceptors (Lipinski definition) is 2. The summed E-state index contributed by atoms with van der Waals surface area (Å²) in [5.74, 6) is 0.735. The molecule has 2 rings (SSSR count). The Balaban J connectivity index is 1.94. The highest BCUT2D eigenvalue weighted by molar-refractivity contribution is 5.80. The van der Waals surface area contributed by atoms with Crippen LogP contribution in [0.2, 0.25) is 0 Å². The molecule has 0 radical (unpaired) electrons. The molecule has 2 aromatic carbocycles. The van der Waals surface area contributed by atoms with Crippen LogP contribution in [0.3, 0.4) is 0 Å². The van der Waals surface area contributed by atoms with Gasteiger partial charge < -0.3 is 10.6 Å². The molecule has 0 amide bonds. The van der Waals surface area contributed by atoms with Crippen LogP contribution >= 0.6 is 0 Å². The Morgan fingerprint density at radius 3 is 2.64 bits per heavy atom. The van der Waals surface area contributed by atoms with Crippen molar-refractivity contribution in [3.05, 3.63) is 71.3 Å². The van der Waals surface area contributed by atoms with Gasteiger partial charge in [0.05, 0.1) is 17.7 Å². The molecule has 0 aliphatic carbocycles. The van der Waals surface area contributed by atoms with Gasteiger partial charge in [0.2, 0.25) is 0 Å². The maximum atomic E-state index is 8.92. The summed E-state index contributed by atoms with van der Waals surface area (Å²) in [7, 11) is 1.75. The van der Waals surface area contributed by atoms with E-state index in [0.29, 0.717) is 12.1 Å². The van der Waals surface area contributed by atoms with Gasteiger partial charge in [0, 0.05) is 13.6 Å². The fraction of sp³-hybridized carbons (Fsp3) is 0.222. The van der Waals surface area contributed by atoms with E-state index in [0.717, 1.165) is 11.5 Å². The summed E-state index contributed by atoms with van der Waals surface area (Å²) in [6, 6.07) is 20.1. The second-order valence-electron chi connectivity index (χ2n) is 5.01. The molecule has 0 heterocycles. The quantitative estimate of drug-likeness (QED) is 0.673. The number of nitriles is 1. The van der Waals surface area contributed by atoms with Crippen LogP contribution in [0, 0.1) is 11.3 Å². The predicted molar refractivity (Wildman–Crippen MR) is 89.3 cm³/mol. The number of aliphatic imine (C=N–C) groups is 1. The summed E-state index contributed by atoms with van der Waals surface area (Å²) in [4.78, 5) is 4.24. The van der Waals surface area contributed by atoms with Crippen molar-refractivity contribution in [2.75, 3.05) is 7.05 Å². The van der Waals surface area contributed by atoms with E-state index in [-0.39, 0.29) is 6.04 Å². The van der Waals surface area contributed by atoms with E-state index in [4.69, 9.17) is 5.26 Å². The zero-order chi connectivity index (χ0) is 15.8. The van der Waals surface area contributed by atoms with Gasteiger partial charge in [-0.2, -0.15) is 5.26 Å². The monoisotopic (exact) mass is 292 g/mol. The molecule has 1 atom stereocenters. The lowest BCUT2D eigenvalue weighted by Gasteiger charge is -2.18. The number of nitrogens with zero attached hydrogens (tertiary/aromatic N) is 2. The number of hydrogen-bond donors (Lipinski definition) is 2. The summed E-state index contributed by atoms with van der Waals surface area (Å²) in [6.45, 7) is 2.72. The van der Waals surface area contributed by atoms with E-state index >= 15 is 0 Å². The van der Waals surface area contributed by atoms with Crippen molar-refractivity contribution < 1.29 is 0 Å². The highest BCUT2D eigenvalue weighted by Crippen LogP contribution is 2.10. The first kappa shape index (κ1) is 15.6. The van der Waals surface area contributed by atoms with Gasteiger partial charge in [0.25, 0.3) is 0 Å². The molecule has 0 aliphatic heterocycles. The van der Waals surface area contributed by atoms with E-state index in [9.17, 15) is 0 Å². The zero-order valence-electron chi connectivity index (χ0n) is 12.9. The molecule has 112 valence electrons. The highest BCUT2D eigenvalue weighted by atomic mass is 15.2. The van der Waals surface area contributed by atoms with Gasteiger partial charge in [-0.3, -0.25) is 4.99 Å². The Bertz CT molecular complexity index is 671. The average molecular weight is 292 g/mol. The third-order valence-electron chi connectivity index (χ3n) is 3.39. The van der Waals surface area contributed by atoms with Crippen molar-refractivity contribution in [2.24, 2.45) is 4.99 Å². The minimum Gasteiger partial charge on any atom is -0.352 e. The second-order valence-corrected chi connectivity index (χ2v) is 5.01. The Kier molecular flexibility index (Phi) is 5.56. The van der Waals surface area contributed by atoms with Crippen molar-refractivity contribution in [2.45, 2.75) is 19.5 Å². The van der Waals surface area contributed by atoms with Crippen molar-refractivity contribution in [3.8, 4) is 6.07 Å². The maximum absolute atomic E-state index is 8.92. The van der Waals surface area contributed by atoms with E-state index < -0.39 is 0 Å². The number of guanidine groups is 1. The molecular formula is C18H20N4. The van der Waals surface area contributed by atoms with Crippen LogP contribution in [0.4, 0.5) is 0 Å². The lowest BCUT2D eigenvalue weighted by molar-refractivity contribution is 0.685. The normalized spacial score (nSPS) is 12.3. The molecule has 4 heteroatoms. The SMILES string of the molecule is CN=C(NCc1cccc(C#N)c1)NC(C)c1ccccc1. The molecule has 2 aromatic rings. The van der Waals surface area contributed by atoms with Gasteiger partial charge in [-0.1, -0.05) is 42.5 Å². The van der Waals surface area contributed by atoms with Gasteiger partial charge >= 0.3 is 0 Å². The molecule has 2 N–H and O–H groups in total. The van der Waals surface area contributed by atoms with E-state index in [1.165, 1.54) is 5.56 Å². The molecule has 1 unspecified atom stereocenters. The van der Waals surface area contributed by atoms with Crippen LogP contribution in [0.1, 0.15) is 29.7 Å². The second kappa shape index (κ2) is 7.84. The van der Waals surface area contributed by atoms with Crippen LogP contribution in [-0.2, 0) is 6.54 Å². The fourth-order valence-electron chi connectivity index (χ4n) is 2.16. The largest absolute Gasteiger partial charge is 0.352 e. The summed E-state index contributed by atoms with van der Waals surface area (Å²) in [5.41, 5.74) is 2.92. The Labute approximate surface area is 131 Å². The summed E-state index contributed by atoms with van der Waals surface area (Å²) in [5, 5.41) is 15.5. The lowest BCUT2D eigenvalue weighted by Crippen LogP contribution is -2.38. The minimum absolute atomic E-state index is 0.165. The number of benzene rings is 2. The van der Waals surface area contributed by atoms with Crippen molar-refractivity contribution in [3.63, 3.8) is 0 Å². The van der Waals surface area contributed by atoms with Gasteiger partial charge in [-0.15, -0.1) is 0 Å². The molecule has 0 bridgehead atoms. The molecule has 0 fully saturated rings. The molecule has 4 nitrogen and oxygen atoms in total. The summed E-state index contributed by atoms with van der Waals surface area (Å²) in [6.07, 6.45) is 0. The molecule has 0 aromatic heterocycles. The van der Waals surface area contributed by atoms with Crippen LogP contribution in [0.5, 0.6) is 0 Å². The minimum atomic E-state index is 0.165. The van der Waals surface area contributed by atoms with E-state index in [2.05, 4.69) is 40.8 Å². The predicted octanol–water partition coefficient (Wildman–Crippen LogP) is 2.98. The molecule has 0 saturated carbocycles. The average Bonchev–Trinajstić information content (AvgIpc) is 2.59. The maximum Gasteiger partial charge on any atom is 0.191 e. The third kappa shape index (κ3) is 4.35. The molecule has 0 saturated heterocycles. The van der Waals surface area contributed by atoms with Crippen LogP contribution < -0.4 is 10.6 Å². The topological polar surface area (TPSA) is 60.2 Å². The Morgan fingerprint density at radius 2 is 1.95 bits per heavy atom. The van der Waals surface area contributed by atoms with Crippen LogP contribution in [-0.4, -0.2) is 13.0 Å². The van der Waals surface area contributed by atoms with Crippen LogP contribution in [0.25, 0.3) is 0 Å². The van der Waals surface area contributed by atoms with E-state index in [1.807, 2.05) is 36.4 Å². The third-order valence-corrected chi connectivity index (χ3v) is 3.39. The molecule has 22 heavy (non-hydrogen) atoms. The molecule has 0 spiro atoms. The summed E-state index contributed by atoms with van der Waals surface area (Å²) >= 11 is 0. The first-order valence-corrected chi connectivity index (χ1v) is 7.24. The zero-order valence-corrected chi connectivity index (χ0v) is 12.9. The fourth-order valence-corrected chi connectivity index (χ4v) is 2.16. The first-order chi connectivity index (χ1) is 10.7.